The number of Topliss-reactive ketones (excluding diaryl/α,β-unsaturated/α-hetero) is 1. The van der Waals surface area contributed by atoms with Crippen LogP contribution in [-0.2, 0) is 16.0 Å². The molecule has 1 N–H and O–H groups in total. The lowest BCUT2D eigenvalue weighted by Gasteiger charge is -2.05. The first-order chi connectivity index (χ1) is 8.18. The molecule has 17 heavy (non-hydrogen) atoms. The van der Waals surface area contributed by atoms with E-state index in [1.807, 2.05) is 30.3 Å². The number of nitrogens with zero attached hydrogens (tertiary/aromatic N) is 2. The highest BCUT2D eigenvalue weighted by atomic mass is 16.4. The summed E-state index contributed by atoms with van der Waals surface area (Å²) in [7, 11) is 0. The Hall–Kier alpha value is -2.43. The fourth-order valence-corrected chi connectivity index (χ4v) is 1.51. The number of hydrogen-bond donors (Lipinski definition) is 1. The second kappa shape index (κ2) is 4.61. The third-order valence-corrected chi connectivity index (χ3v) is 2.30. The smallest absolute Gasteiger partial charge is 0.372 e. The summed E-state index contributed by atoms with van der Waals surface area (Å²) in [4.78, 5) is 21.6. The van der Waals surface area contributed by atoms with Gasteiger partial charge in [0.25, 0.3) is 0 Å². The minimum Gasteiger partial charge on any atom is -0.475 e. The van der Waals surface area contributed by atoms with Gasteiger partial charge in [0.2, 0.25) is 5.78 Å². The van der Waals surface area contributed by atoms with E-state index in [0.717, 1.165) is 5.69 Å². The minimum atomic E-state index is -1.43. The topological polar surface area (TPSA) is 72.2 Å². The third-order valence-electron chi connectivity index (χ3n) is 2.30. The summed E-state index contributed by atoms with van der Waals surface area (Å²) in [5.74, 6) is -2.27. The van der Waals surface area contributed by atoms with Crippen LogP contribution in [0.1, 0.15) is 5.69 Å². The van der Waals surface area contributed by atoms with E-state index >= 15 is 0 Å². The summed E-state index contributed by atoms with van der Waals surface area (Å²) in [5.41, 5.74) is 1.36. The molecule has 86 valence electrons. The van der Waals surface area contributed by atoms with E-state index in [2.05, 4.69) is 5.10 Å². The van der Waals surface area contributed by atoms with Crippen LogP contribution in [0.5, 0.6) is 0 Å². The van der Waals surface area contributed by atoms with E-state index < -0.39 is 11.8 Å². The summed E-state index contributed by atoms with van der Waals surface area (Å²) in [6, 6.07) is 10.9. The zero-order valence-corrected chi connectivity index (χ0v) is 8.91. The first-order valence-corrected chi connectivity index (χ1v) is 5.03. The molecule has 0 spiro atoms. The van der Waals surface area contributed by atoms with Crippen molar-refractivity contribution in [3.05, 3.63) is 48.3 Å². The van der Waals surface area contributed by atoms with Gasteiger partial charge in [-0.25, -0.2) is 9.48 Å². The second-order valence-corrected chi connectivity index (χ2v) is 3.48. The number of carboxylic acids is 1. The van der Waals surface area contributed by atoms with Gasteiger partial charge in [0, 0.05) is 6.20 Å². The van der Waals surface area contributed by atoms with Crippen molar-refractivity contribution < 1.29 is 14.7 Å². The van der Waals surface area contributed by atoms with Gasteiger partial charge in [-0.1, -0.05) is 18.2 Å². The van der Waals surface area contributed by atoms with E-state index in [4.69, 9.17) is 5.11 Å². The SMILES string of the molecule is O=C(O)C(=O)Cc1ccnn1-c1ccccc1. The van der Waals surface area contributed by atoms with Gasteiger partial charge in [0.05, 0.1) is 17.8 Å². The Balaban J connectivity index is 2.30. The number of hydrogen-bond acceptors (Lipinski definition) is 3. The molecule has 0 unspecified atom stereocenters. The molecule has 0 aliphatic rings. The van der Waals surface area contributed by atoms with Gasteiger partial charge in [0.1, 0.15) is 0 Å². The Morgan fingerprint density at radius 1 is 1.18 bits per heavy atom. The molecule has 2 aromatic rings. The fraction of sp³-hybridized carbons (Fsp3) is 0.0833. The molecule has 1 aromatic carbocycles. The van der Waals surface area contributed by atoms with Crippen LogP contribution in [0.4, 0.5) is 0 Å². The molecule has 0 fully saturated rings. The number of carboxylic acid groups (broad SMARTS) is 1. The fourth-order valence-electron chi connectivity index (χ4n) is 1.51. The lowest BCUT2D eigenvalue weighted by atomic mass is 10.2. The van der Waals surface area contributed by atoms with Crippen molar-refractivity contribution in [2.24, 2.45) is 0 Å². The number of carbonyl (C=O) groups is 2. The maximum Gasteiger partial charge on any atom is 0.372 e. The molecule has 0 aliphatic carbocycles. The molecule has 1 aromatic heterocycles. The van der Waals surface area contributed by atoms with Crippen molar-refractivity contribution in [2.45, 2.75) is 6.42 Å². The van der Waals surface area contributed by atoms with Crippen molar-refractivity contribution in [1.82, 2.24) is 9.78 Å². The van der Waals surface area contributed by atoms with Gasteiger partial charge in [-0.3, -0.25) is 4.79 Å². The lowest BCUT2D eigenvalue weighted by Crippen LogP contribution is -2.17. The highest BCUT2D eigenvalue weighted by molar-refractivity contribution is 6.33. The molecular weight excluding hydrogens is 220 g/mol. The van der Waals surface area contributed by atoms with Crippen LogP contribution in [-0.4, -0.2) is 26.6 Å². The molecule has 0 radical (unpaired) electrons. The molecule has 5 nitrogen and oxygen atoms in total. The normalized spacial score (nSPS) is 10.1. The van der Waals surface area contributed by atoms with Crippen LogP contribution in [0.15, 0.2) is 42.6 Å². The van der Waals surface area contributed by atoms with E-state index in [1.165, 1.54) is 6.20 Å². The predicted octanol–water partition coefficient (Wildman–Crippen LogP) is 1.07. The lowest BCUT2D eigenvalue weighted by molar-refractivity contribution is -0.148. The predicted molar refractivity (Wildman–Crippen MR) is 59.9 cm³/mol. The average molecular weight is 230 g/mol. The summed E-state index contributed by atoms with van der Waals surface area (Å²) in [6.45, 7) is 0. The van der Waals surface area contributed by atoms with Crippen LogP contribution < -0.4 is 0 Å². The molecule has 0 amide bonds. The standard InChI is InChI=1S/C12H10N2O3/c15-11(12(16)17)8-10-6-7-13-14(10)9-4-2-1-3-5-9/h1-7H,8H2,(H,16,17). The first-order valence-electron chi connectivity index (χ1n) is 5.03. The zero-order valence-electron chi connectivity index (χ0n) is 8.91. The van der Waals surface area contributed by atoms with Crippen LogP contribution >= 0.6 is 0 Å². The molecule has 0 bridgehead atoms. The molecule has 0 saturated heterocycles. The number of rotatable bonds is 4. The Labute approximate surface area is 97.3 Å². The number of aliphatic carboxylic acids is 1. The summed E-state index contributed by atoms with van der Waals surface area (Å²) in [5, 5.41) is 12.6. The van der Waals surface area contributed by atoms with Gasteiger partial charge in [0.15, 0.2) is 0 Å². The zero-order chi connectivity index (χ0) is 12.3. The van der Waals surface area contributed by atoms with Crippen LogP contribution in [0.2, 0.25) is 0 Å². The van der Waals surface area contributed by atoms with E-state index in [1.54, 1.807) is 10.7 Å². The van der Waals surface area contributed by atoms with Gasteiger partial charge >= 0.3 is 5.97 Å². The molecule has 0 saturated carbocycles. The maximum absolute atomic E-state index is 11.2. The third kappa shape index (κ3) is 2.39. The Morgan fingerprint density at radius 3 is 2.53 bits per heavy atom. The van der Waals surface area contributed by atoms with E-state index in [0.29, 0.717) is 5.69 Å². The highest BCUT2D eigenvalue weighted by Crippen LogP contribution is 2.10. The Kier molecular flexibility index (Phi) is 3.00. The van der Waals surface area contributed by atoms with Gasteiger partial charge in [-0.05, 0) is 18.2 Å². The van der Waals surface area contributed by atoms with Crippen molar-refractivity contribution in [3.8, 4) is 5.69 Å². The average Bonchev–Trinajstić information content (AvgIpc) is 2.78. The number of aromatic nitrogens is 2. The monoisotopic (exact) mass is 230 g/mol. The quantitative estimate of drug-likeness (QED) is 0.797. The molecule has 0 aliphatic heterocycles. The summed E-state index contributed by atoms with van der Waals surface area (Å²) in [6.07, 6.45) is 1.38. The number of para-hydroxylation sites is 1. The van der Waals surface area contributed by atoms with Crippen molar-refractivity contribution in [3.63, 3.8) is 0 Å². The van der Waals surface area contributed by atoms with Crippen LogP contribution in [0.25, 0.3) is 5.69 Å². The highest BCUT2D eigenvalue weighted by Gasteiger charge is 2.15. The van der Waals surface area contributed by atoms with Crippen LogP contribution in [0, 0.1) is 0 Å². The molecule has 2 rings (SSSR count). The molecule has 1 heterocycles. The van der Waals surface area contributed by atoms with Crippen LogP contribution in [0.3, 0.4) is 0 Å². The Bertz CT molecular complexity index is 546. The maximum atomic E-state index is 11.2. The van der Waals surface area contributed by atoms with Gasteiger partial charge in [-0.2, -0.15) is 5.10 Å². The van der Waals surface area contributed by atoms with Gasteiger partial charge < -0.3 is 5.11 Å². The first kappa shape index (κ1) is 11.1. The van der Waals surface area contributed by atoms with E-state index in [-0.39, 0.29) is 6.42 Å². The van der Waals surface area contributed by atoms with E-state index in [9.17, 15) is 9.59 Å². The van der Waals surface area contributed by atoms with Gasteiger partial charge in [-0.15, -0.1) is 0 Å². The second-order valence-electron chi connectivity index (χ2n) is 3.48. The number of carbonyl (C=O) groups excluding carboxylic acids is 1. The summed E-state index contributed by atoms with van der Waals surface area (Å²) < 4.78 is 1.56. The summed E-state index contributed by atoms with van der Waals surface area (Å²) >= 11 is 0. The molecule has 0 atom stereocenters. The van der Waals surface area contributed by atoms with Crippen molar-refractivity contribution in [1.29, 1.82) is 0 Å². The Morgan fingerprint density at radius 2 is 1.88 bits per heavy atom. The van der Waals surface area contributed by atoms with Crippen molar-refractivity contribution in [2.75, 3.05) is 0 Å². The van der Waals surface area contributed by atoms with Crippen molar-refractivity contribution >= 4 is 11.8 Å². The number of benzene rings is 1. The molecular formula is C12H10N2O3. The minimum absolute atomic E-state index is 0.162. The number of ketones is 1. The largest absolute Gasteiger partial charge is 0.475 e. The molecule has 5 heteroatoms.